The van der Waals surface area contributed by atoms with Crippen molar-refractivity contribution >= 4 is 12.1 Å². The maximum atomic E-state index is 10.6. The van der Waals surface area contributed by atoms with Gasteiger partial charge in [0.25, 0.3) is 0 Å². The van der Waals surface area contributed by atoms with E-state index in [1.165, 1.54) is 6.92 Å². The Kier molecular flexibility index (Phi) is 10.5. The van der Waals surface area contributed by atoms with E-state index in [2.05, 4.69) is 11.9 Å². The fourth-order valence-corrected chi connectivity index (χ4v) is 0.414. The van der Waals surface area contributed by atoms with Gasteiger partial charge >= 0.3 is 12.1 Å². The zero-order valence-electron chi connectivity index (χ0n) is 9.82. The second-order valence-corrected chi connectivity index (χ2v) is 3.19. The monoisotopic (exact) mass is 233 g/mol. The number of aliphatic carboxylic acids is 1. The standard InChI is InChI=1S/C6H13NO3.C4H6O2/c1-5(2)10-6(9)7-3-4-8;1-3(2)4(5)6/h5,8H,3-4H2,1-2H3,(H,7,9);1H2,2H3,(H,5,6). The number of aliphatic hydroxyl groups is 1. The molecular weight excluding hydrogens is 214 g/mol. The number of carbonyl (C=O) groups excluding carboxylic acids is 1. The quantitative estimate of drug-likeness (QED) is 0.623. The van der Waals surface area contributed by atoms with Crippen LogP contribution in [-0.4, -0.2) is 41.5 Å². The Hall–Kier alpha value is -1.56. The van der Waals surface area contributed by atoms with Crippen molar-refractivity contribution in [3.8, 4) is 0 Å². The number of amides is 1. The molecule has 0 saturated carbocycles. The lowest BCUT2D eigenvalue weighted by molar-refractivity contribution is -0.132. The number of carboxylic acids is 1. The number of ether oxygens (including phenoxy) is 1. The minimum atomic E-state index is -0.935. The molecule has 0 rings (SSSR count). The molecule has 0 unspecified atom stereocenters. The maximum Gasteiger partial charge on any atom is 0.407 e. The lowest BCUT2D eigenvalue weighted by atomic mass is 10.4. The molecule has 0 aromatic carbocycles. The normalized spacial score (nSPS) is 8.81. The van der Waals surface area contributed by atoms with Crippen LogP contribution in [0.25, 0.3) is 0 Å². The number of rotatable bonds is 4. The number of carboxylic acid groups (broad SMARTS) is 1. The van der Waals surface area contributed by atoms with Gasteiger partial charge in [0, 0.05) is 12.1 Å². The molecule has 16 heavy (non-hydrogen) atoms. The van der Waals surface area contributed by atoms with E-state index in [4.69, 9.17) is 14.9 Å². The van der Waals surface area contributed by atoms with Crippen LogP contribution in [0.2, 0.25) is 0 Å². The van der Waals surface area contributed by atoms with Crippen molar-refractivity contribution in [2.45, 2.75) is 26.9 Å². The molecule has 0 aliphatic rings. The zero-order chi connectivity index (χ0) is 13.1. The van der Waals surface area contributed by atoms with Gasteiger partial charge in [-0.1, -0.05) is 6.58 Å². The Morgan fingerprint density at radius 1 is 1.44 bits per heavy atom. The molecule has 1 amide bonds. The third-order valence-electron chi connectivity index (χ3n) is 1.09. The Bertz CT molecular complexity index is 225. The zero-order valence-corrected chi connectivity index (χ0v) is 9.82. The molecule has 0 saturated heterocycles. The summed E-state index contributed by atoms with van der Waals surface area (Å²) < 4.78 is 4.69. The first kappa shape index (κ1) is 16.9. The first-order valence-electron chi connectivity index (χ1n) is 4.75. The molecule has 0 aromatic rings. The highest BCUT2D eigenvalue weighted by Crippen LogP contribution is 1.86. The summed E-state index contributed by atoms with van der Waals surface area (Å²) in [5.41, 5.74) is 0.176. The minimum Gasteiger partial charge on any atom is -0.478 e. The van der Waals surface area contributed by atoms with Crippen LogP contribution in [0.1, 0.15) is 20.8 Å². The lowest BCUT2D eigenvalue weighted by Crippen LogP contribution is -2.29. The molecule has 0 bridgehead atoms. The summed E-state index contributed by atoms with van der Waals surface area (Å²) >= 11 is 0. The van der Waals surface area contributed by atoms with Crippen LogP contribution < -0.4 is 5.32 Å². The van der Waals surface area contributed by atoms with Crippen molar-refractivity contribution in [3.63, 3.8) is 0 Å². The third kappa shape index (κ3) is 14.9. The molecule has 94 valence electrons. The Morgan fingerprint density at radius 2 is 1.88 bits per heavy atom. The smallest absolute Gasteiger partial charge is 0.407 e. The second kappa shape index (κ2) is 9.97. The number of hydrogen-bond donors (Lipinski definition) is 3. The van der Waals surface area contributed by atoms with Gasteiger partial charge in [0.1, 0.15) is 0 Å². The van der Waals surface area contributed by atoms with Gasteiger partial charge in [0.05, 0.1) is 12.7 Å². The summed E-state index contributed by atoms with van der Waals surface area (Å²) in [6, 6.07) is 0. The minimum absolute atomic E-state index is 0.0623. The topological polar surface area (TPSA) is 95.9 Å². The number of hydrogen-bond acceptors (Lipinski definition) is 4. The van der Waals surface area contributed by atoms with Crippen LogP contribution in [0.15, 0.2) is 12.2 Å². The molecule has 0 aliphatic heterocycles. The maximum absolute atomic E-state index is 10.6. The fourth-order valence-electron chi connectivity index (χ4n) is 0.414. The van der Waals surface area contributed by atoms with Crippen LogP contribution >= 0.6 is 0 Å². The van der Waals surface area contributed by atoms with Gasteiger partial charge in [-0.3, -0.25) is 0 Å². The summed E-state index contributed by atoms with van der Waals surface area (Å²) in [7, 11) is 0. The number of alkyl carbamates (subject to hydrolysis) is 1. The molecule has 0 fully saturated rings. The third-order valence-corrected chi connectivity index (χ3v) is 1.09. The van der Waals surface area contributed by atoms with E-state index in [1.807, 2.05) is 0 Å². The molecule has 6 heteroatoms. The molecule has 3 N–H and O–H groups in total. The summed E-state index contributed by atoms with van der Waals surface area (Å²) in [6.45, 7) is 8.31. The molecule has 0 aromatic heterocycles. The molecule has 0 atom stereocenters. The van der Waals surface area contributed by atoms with E-state index in [1.54, 1.807) is 13.8 Å². The Morgan fingerprint density at radius 3 is 2.12 bits per heavy atom. The van der Waals surface area contributed by atoms with E-state index in [0.29, 0.717) is 0 Å². The van der Waals surface area contributed by atoms with Crippen LogP contribution in [0.3, 0.4) is 0 Å². The van der Waals surface area contributed by atoms with Crippen molar-refractivity contribution in [1.29, 1.82) is 0 Å². The molecule has 0 heterocycles. The largest absolute Gasteiger partial charge is 0.478 e. The van der Waals surface area contributed by atoms with E-state index >= 15 is 0 Å². The summed E-state index contributed by atoms with van der Waals surface area (Å²) in [4.78, 5) is 20.2. The molecule has 6 nitrogen and oxygen atoms in total. The Balaban J connectivity index is 0. The van der Waals surface area contributed by atoms with Crippen LogP contribution in [0.5, 0.6) is 0 Å². The van der Waals surface area contributed by atoms with Crippen LogP contribution in [-0.2, 0) is 9.53 Å². The number of carbonyl (C=O) groups is 2. The van der Waals surface area contributed by atoms with E-state index in [-0.39, 0.29) is 24.8 Å². The van der Waals surface area contributed by atoms with Crippen molar-refractivity contribution < 1.29 is 24.5 Å². The molecular formula is C10H19NO5. The van der Waals surface area contributed by atoms with Gasteiger partial charge in [-0.25, -0.2) is 9.59 Å². The van der Waals surface area contributed by atoms with Gasteiger partial charge in [-0.2, -0.15) is 0 Å². The highest BCUT2D eigenvalue weighted by Gasteiger charge is 2.01. The average Bonchev–Trinajstić information content (AvgIpc) is 2.14. The van der Waals surface area contributed by atoms with Gasteiger partial charge in [0.2, 0.25) is 0 Å². The SMILES string of the molecule is C=C(C)C(=O)O.CC(C)OC(=O)NCCO. The van der Waals surface area contributed by atoms with E-state index in [0.717, 1.165) is 0 Å². The molecule has 0 spiro atoms. The van der Waals surface area contributed by atoms with Crippen molar-refractivity contribution in [2.24, 2.45) is 0 Å². The van der Waals surface area contributed by atoms with Gasteiger partial charge in [0.15, 0.2) is 0 Å². The van der Waals surface area contributed by atoms with Crippen molar-refractivity contribution in [1.82, 2.24) is 5.32 Å². The molecule has 0 aliphatic carbocycles. The predicted molar refractivity (Wildman–Crippen MR) is 59.2 cm³/mol. The van der Waals surface area contributed by atoms with Crippen LogP contribution in [0.4, 0.5) is 4.79 Å². The summed E-state index contributed by atoms with van der Waals surface area (Å²) in [6.07, 6.45) is -0.595. The first-order valence-corrected chi connectivity index (χ1v) is 4.75. The van der Waals surface area contributed by atoms with E-state index < -0.39 is 12.1 Å². The lowest BCUT2D eigenvalue weighted by Gasteiger charge is -2.07. The first-order chi connectivity index (χ1) is 7.31. The van der Waals surface area contributed by atoms with Gasteiger partial charge < -0.3 is 20.3 Å². The van der Waals surface area contributed by atoms with Gasteiger partial charge in [-0.05, 0) is 20.8 Å². The van der Waals surface area contributed by atoms with Gasteiger partial charge in [-0.15, -0.1) is 0 Å². The fraction of sp³-hybridized carbons (Fsp3) is 0.600. The number of aliphatic hydroxyl groups excluding tert-OH is 1. The Labute approximate surface area is 94.9 Å². The average molecular weight is 233 g/mol. The summed E-state index contributed by atoms with van der Waals surface area (Å²) in [5, 5.41) is 18.5. The highest BCUT2D eigenvalue weighted by molar-refractivity contribution is 5.84. The predicted octanol–water partition coefficient (Wildman–Crippen LogP) is 0.760. The van der Waals surface area contributed by atoms with Crippen molar-refractivity contribution in [3.05, 3.63) is 12.2 Å². The van der Waals surface area contributed by atoms with E-state index in [9.17, 15) is 9.59 Å². The van der Waals surface area contributed by atoms with Crippen LogP contribution in [0, 0.1) is 0 Å². The highest BCUT2D eigenvalue weighted by atomic mass is 16.6. The number of nitrogens with one attached hydrogen (secondary N) is 1. The van der Waals surface area contributed by atoms with Crippen molar-refractivity contribution in [2.75, 3.05) is 13.2 Å². The second-order valence-electron chi connectivity index (χ2n) is 3.19. The summed E-state index contributed by atoms with van der Waals surface area (Å²) in [5.74, 6) is -0.935. The molecule has 0 radical (unpaired) electrons.